The molecule has 0 aliphatic heterocycles. The molecule has 0 saturated carbocycles. The number of nitrogens with zero attached hydrogens (tertiary/aromatic N) is 2. The molecule has 0 aliphatic rings. The van der Waals surface area contributed by atoms with Crippen LogP contribution in [0.5, 0.6) is 0 Å². The van der Waals surface area contributed by atoms with Gasteiger partial charge in [-0.2, -0.15) is 5.10 Å². The number of pyridine rings is 1. The van der Waals surface area contributed by atoms with Crippen molar-refractivity contribution in [3.8, 4) is 11.8 Å². The zero-order chi connectivity index (χ0) is 17.8. The van der Waals surface area contributed by atoms with E-state index in [-0.39, 0.29) is 12.1 Å². The van der Waals surface area contributed by atoms with Crippen molar-refractivity contribution in [3.05, 3.63) is 53.5 Å². The minimum Gasteiger partial charge on any atom is -0.325 e. The molecule has 2 aromatic heterocycles. The second-order valence-electron chi connectivity index (χ2n) is 5.90. The van der Waals surface area contributed by atoms with Gasteiger partial charge in [0.25, 0.3) is 0 Å². The highest BCUT2D eigenvalue weighted by atomic mass is 16.2. The number of hydrogen-bond donors (Lipinski definition) is 3. The van der Waals surface area contributed by atoms with Crippen molar-refractivity contribution in [2.45, 2.75) is 26.8 Å². The van der Waals surface area contributed by atoms with Gasteiger partial charge < -0.3 is 10.6 Å². The first-order valence-electron chi connectivity index (χ1n) is 7.97. The van der Waals surface area contributed by atoms with Crippen LogP contribution in [0.25, 0.3) is 10.9 Å². The van der Waals surface area contributed by atoms with Gasteiger partial charge in [0.1, 0.15) is 5.69 Å². The van der Waals surface area contributed by atoms with E-state index in [1.54, 1.807) is 12.4 Å². The van der Waals surface area contributed by atoms with Crippen molar-refractivity contribution in [3.63, 3.8) is 0 Å². The summed E-state index contributed by atoms with van der Waals surface area (Å²) < 4.78 is 0. The number of carbonyl (C=O) groups is 1. The quantitative estimate of drug-likeness (QED) is 0.630. The lowest BCUT2D eigenvalue weighted by molar-refractivity contribution is 0.251. The van der Waals surface area contributed by atoms with Crippen LogP contribution in [0.1, 0.15) is 23.7 Å². The van der Waals surface area contributed by atoms with Crippen LogP contribution in [0.2, 0.25) is 0 Å². The number of aryl methyl sites for hydroxylation is 2. The smallest absolute Gasteiger partial charge is 0.320 e. The summed E-state index contributed by atoms with van der Waals surface area (Å²) in [6.07, 6.45) is 3.37. The number of anilines is 1. The Morgan fingerprint density at radius 2 is 2.12 bits per heavy atom. The molecule has 0 fully saturated rings. The molecule has 25 heavy (non-hydrogen) atoms. The predicted molar refractivity (Wildman–Crippen MR) is 98.3 cm³/mol. The molecule has 3 N–H and O–H groups in total. The van der Waals surface area contributed by atoms with Gasteiger partial charge in [0.05, 0.1) is 23.1 Å². The topological polar surface area (TPSA) is 82.7 Å². The lowest BCUT2D eigenvalue weighted by Gasteiger charge is -2.12. The number of H-pyrrole nitrogens is 1. The van der Waals surface area contributed by atoms with Gasteiger partial charge in [0.2, 0.25) is 0 Å². The van der Waals surface area contributed by atoms with E-state index >= 15 is 0 Å². The number of aromatic nitrogens is 3. The van der Waals surface area contributed by atoms with Crippen molar-refractivity contribution in [1.29, 1.82) is 0 Å². The Bertz CT molecular complexity index is 980. The zero-order valence-electron chi connectivity index (χ0n) is 14.3. The number of nitrogens with one attached hydrogen (secondary N) is 3. The van der Waals surface area contributed by atoms with Crippen molar-refractivity contribution in [1.82, 2.24) is 20.5 Å². The van der Waals surface area contributed by atoms with Gasteiger partial charge in [-0.3, -0.25) is 5.10 Å². The van der Waals surface area contributed by atoms with Gasteiger partial charge in [0.15, 0.2) is 0 Å². The summed E-state index contributed by atoms with van der Waals surface area (Å²) in [4.78, 5) is 16.4. The van der Waals surface area contributed by atoms with Crippen molar-refractivity contribution < 1.29 is 4.79 Å². The molecule has 1 unspecified atom stereocenters. The van der Waals surface area contributed by atoms with Gasteiger partial charge in [-0.15, -0.1) is 0 Å². The number of hydrogen-bond acceptors (Lipinski definition) is 3. The first kappa shape index (κ1) is 16.5. The number of aromatic amines is 1. The molecule has 1 aromatic carbocycles. The number of benzene rings is 1. The standard InChI is InChI=1S/C19H19N5O/c1-12-4-5-13(2)18(10-12)23-19(25)22-14(3)6-7-16-15-11-21-24-17(15)8-9-20-16/h4-5,8-11,14H,1-3H3,(H,21,24)(H2,22,23,25). The highest BCUT2D eigenvalue weighted by Gasteiger charge is 2.07. The molecule has 0 spiro atoms. The fourth-order valence-electron chi connectivity index (χ4n) is 2.41. The van der Waals surface area contributed by atoms with E-state index < -0.39 is 0 Å². The summed E-state index contributed by atoms with van der Waals surface area (Å²) in [5.41, 5.74) is 4.41. The van der Waals surface area contributed by atoms with Crippen LogP contribution in [-0.2, 0) is 0 Å². The molecule has 6 heteroatoms. The SMILES string of the molecule is Cc1ccc(C)c(NC(=O)NC(C)C#Cc2nccc3[nH]ncc23)c1. The molecular formula is C19H19N5O. The molecule has 1 atom stereocenters. The summed E-state index contributed by atoms with van der Waals surface area (Å²) in [5.74, 6) is 6.00. The number of amides is 2. The lowest BCUT2D eigenvalue weighted by atomic mass is 10.1. The van der Waals surface area contributed by atoms with Crippen molar-refractivity contribution in [2.24, 2.45) is 0 Å². The van der Waals surface area contributed by atoms with E-state index in [0.29, 0.717) is 5.69 Å². The summed E-state index contributed by atoms with van der Waals surface area (Å²) in [6.45, 7) is 5.76. The van der Waals surface area contributed by atoms with E-state index in [9.17, 15) is 4.79 Å². The number of rotatable bonds is 2. The molecule has 2 amide bonds. The highest BCUT2D eigenvalue weighted by Crippen LogP contribution is 2.16. The third kappa shape index (κ3) is 3.96. The maximum absolute atomic E-state index is 12.1. The normalized spacial score (nSPS) is 11.5. The number of fused-ring (bicyclic) bond motifs is 1. The van der Waals surface area contributed by atoms with Crippen LogP contribution in [0, 0.1) is 25.7 Å². The van der Waals surface area contributed by atoms with E-state index in [1.165, 1.54) is 0 Å². The maximum Gasteiger partial charge on any atom is 0.320 e. The van der Waals surface area contributed by atoms with Crippen LogP contribution in [0.3, 0.4) is 0 Å². The molecule has 0 aliphatic carbocycles. The minimum atomic E-state index is -0.325. The monoisotopic (exact) mass is 333 g/mol. The van der Waals surface area contributed by atoms with Crippen LogP contribution in [0.15, 0.2) is 36.7 Å². The Morgan fingerprint density at radius 1 is 1.28 bits per heavy atom. The van der Waals surface area contributed by atoms with E-state index in [0.717, 1.165) is 27.7 Å². The van der Waals surface area contributed by atoms with Gasteiger partial charge >= 0.3 is 6.03 Å². The Hall–Kier alpha value is -3.33. The van der Waals surface area contributed by atoms with Gasteiger partial charge in [-0.1, -0.05) is 18.1 Å². The van der Waals surface area contributed by atoms with Crippen LogP contribution in [0.4, 0.5) is 10.5 Å². The molecule has 0 saturated heterocycles. The molecule has 3 aromatic rings. The van der Waals surface area contributed by atoms with Crippen LogP contribution >= 0.6 is 0 Å². The molecule has 3 rings (SSSR count). The second-order valence-corrected chi connectivity index (χ2v) is 5.90. The maximum atomic E-state index is 12.1. The third-order valence-corrected chi connectivity index (χ3v) is 3.76. The minimum absolute atomic E-state index is 0.287. The lowest BCUT2D eigenvalue weighted by Crippen LogP contribution is -2.35. The average Bonchev–Trinajstić information content (AvgIpc) is 3.05. The molecule has 126 valence electrons. The van der Waals surface area contributed by atoms with Gasteiger partial charge in [-0.05, 0) is 50.0 Å². The van der Waals surface area contributed by atoms with Crippen LogP contribution < -0.4 is 10.6 Å². The molecule has 0 bridgehead atoms. The summed E-state index contributed by atoms with van der Waals surface area (Å²) >= 11 is 0. The zero-order valence-corrected chi connectivity index (χ0v) is 14.3. The van der Waals surface area contributed by atoms with Crippen molar-refractivity contribution in [2.75, 3.05) is 5.32 Å². The molecule has 6 nitrogen and oxygen atoms in total. The average molecular weight is 333 g/mol. The summed E-state index contributed by atoms with van der Waals surface area (Å²) in [7, 11) is 0. The summed E-state index contributed by atoms with van der Waals surface area (Å²) in [6, 6.07) is 7.15. The third-order valence-electron chi connectivity index (χ3n) is 3.76. The number of urea groups is 1. The van der Waals surface area contributed by atoms with E-state index in [2.05, 4.69) is 37.7 Å². The Kier molecular flexibility index (Phi) is 4.66. The fraction of sp³-hybridized carbons (Fsp3) is 0.211. The predicted octanol–water partition coefficient (Wildman–Crippen LogP) is 3.14. The first-order chi connectivity index (χ1) is 12.0. The molecule has 2 heterocycles. The molecular weight excluding hydrogens is 314 g/mol. The van der Waals surface area contributed by atoms with Gasteiger partial charge in [-0.25, -0.2) is 9.78 Å². The second kappa shape index (κ2) is 7.05. The largest absolute Gasteiger partial charge is 0.325 e. The Morgan fingerprint density at radius 3 is 2.96 bits per heavy atom. The van der Waals surface area contributed by atoms with Crippen LogP contribution in [-0.4, -0.2) is 27.3 Å². The van der Waals surface area contributed by atoms with E-state index in [1.807, 2.05) is 45.0 Å². The summed E-state index contributed by atoms with van der Waals surface area (Å²) in [5, 5.41) is 13.4. The Labute approximate surface area is 146 Å². The van der Waals surface area contributed by atoms with Crippen molar-refractivity contribution >= 4 is 22.6 Å². The van der Waals surface area contributed by atoms with Gasteiger partial charge in [0, 0.05) is 11.9 Å². The Balaban J connectivity index is 1.67. The highest BCUT2D eigenvalue weighted by molar-refractivity contribution is 5.90. The first-order valence-corrected chi connectivity index (χ1v) is 7.97. The fourth-order valence-corrected chi connectivity index (χ4v) is 2.41. The molecule has 0 radical (unpaired) electrons. The number of carbonyl (C=O) groups excluding carboxylic acids is 1. The van der Waals surface area contributed by atoms with E-state index in [4.69, 9.17) is 0 Å².